The number of amides is 1. The topological polar surface area (TPSA) is 49.0 Å². The van der Waals surface area contributed by atoms with Gasteiger partial charge in [0.2, 0.25) is 0 Å². The molecule has 1 aliphatic rings. The summed E-state index contributed by atoms with van der Waals surface area (Å²) in [7, 11) is 0. The summed E-state index contributed by atoms with van der Waals surface area (Å²) in [6, 6.07) is 8.21. The molecule has 4 heteroatoms. The minimum atomic E-state index is 0.0665. The van der Waals surface area contributed by atoms with Gasteiger partial charge < -0.3 is 4.90 Å². The Morgan fingerprint density at radius 2 is 2.22 bits per heavy atom. The summed E-state index contributed by atoms with van der Waals surface area (Å²) in [5, 5.41) is 8.04. The highest BCUT2D eigenvalue weighted by Gasteiger charge is 2.33. The van der Waals surface area contributed by atoms with Crippen LogP contribution in [0.25, 0.3) is 10.9 Å². The van der Waals surface area contributed by atoms with E-state index < -0.39 is 0 Å². The van der Waals surface area contributed by atoms with Crippen molar-refractivity contribution < 1.29 is 4.79 Å². The highest BCUT2D eigenvalue weighted by atomic mass is 16.2. The molecule has 0 radical (unpaired) electrons. The Hall–Kier alpha value is -1.84. The van der Waals surface area contributed by atoms with E-state index in [4.69, 9.17) is 0 Å². The maximum absolute atomic E-state index is 12.5. The maximum atomic E-state index is 12.5. The molecule has 1 aromatic heterocycles. The Morgan fingerprint density at radius 3 is 2.94 bits per heavy atom. The van der Waals surface area contributed by atoms with E-state index in [-0.39, 0.29) is 5.91 Å². The normalized spacial score (nSPS) is 14.9. The molecule has 1 aliphatic carbocycles. The quantitative estimate of drug-likeness (QED) is 0.897. The molecule has 0 spiro atoms. The van der Waals surface area contributed by atoms with Gasteiger partial charge >= 0.3 is 0 Å². The van der Waals surface area contributed by atoms with E-state index in [1.54, 1.807) is 0 Å². The summed E-state index contributed by atoms with van der Waals surface area (Å²) in [5.41, 5.74) is 1.49. The zero-order valence-corrected chi connectivity index (χ0v) is 10.5. The van der Waals surface area contributed by atoms with Gasteiger partial charge in [0.1, 0.15) is 0 Å². The molecule has 0 saturated heterocycles. The predicted octanol–water partition coefficient (Wildman–Crippen LogP) is 2.58. The first-order valence-electron chi connectivity index (χ1n) is 6.55. The Balaban J connectivity index is 1.95. The first-order valence-corrected chi connectivity index (χ1v) is 6.55. The van der Waals surface area contributed by atoms with Gasteiger partial charge in [-0.1, -0.05) is 25.1 Å². The number of aromatic nitrogens is 2. The minimum absolute atomic E-state index is 0.0665. The molecule has 0 bridgehead atoms. The van der Waals surface area contributed by atoms with Crippen molar-refractivity contribution in [1.82, 2.24) is 15.1 Å². The summed E-state index contributed by atoms with van der Waals surface area (Å²) >= 11 is 0. The average molecular weight is 243 g/mol. The lowest BCUT2D eigenvalue weighted by Crippen LogP contribution is -2.34. The molecule has 1 amide bonds. The van der Waals surface area contributed by atoms with Crippen molar-refractivity contribution in [2.45, 2.75) is 32.2 Å². The molecule has 0 atom stereocenters. The van der Waals surface area contributed by atoms with E-state index in [1.165, 1.54) is 0 Å². The second kappa shape index (κ2) is 4.44. The van der Waals surface area contributed by atoms with Crippen LogP contribution in [-0.2, 0) is 0 Å². The number of para-hydroxylation sites is 1. The van der Waals surface area contributed by atoms with Gasteiger partial charge in [0, 0.05) is 18.0 Å². The SMILES string of the molecule is CCCN(C(=O)c1n[nH]c2ccccc12)C1CC1. The Labute approximate surface area is 106 Å². The van der Waals surface area contributed by atoms with Gasteiger partial charge in [0.05, 0.1) is 5.52 Å². The Bertz CT molecular complexity index is 571. The van der Waals surface area contributed by atoms with Gasteiger partial charge in [-0.05, 0) is 25.3 Å². The molecule has 0 aliphatic heterocycles. The number of benzene rings is 1. The lowest BCUT2D eigenvalue weighted by Gasteiger charge is -2.20. The predicted molar refractivity (Wildman–Crippen MR) is 70.4 cm³/mol. The van der Waals surface area contributed by atoms with Crippen molar-refractivity contribution in [1.29, 1.82) is 0 Å². The van der Waals surface area contributed by atoms with E-state index in [0.717, 1.165) is 36.7 Å². The molecule has 1 heterocycles. The van der Waals surface area contributed by atoms with Crippen LogP contribution in [0.2, 0.25) is 0 Å². The first kappa shape index (κ1) is 11.3. The van der Waals surface area contributed by atoms with E-state index in [0.29, 0.717) is 11.7 Å². The third kappa shape index (κ3) is 1.88. The van der Waals surface area contributed by atoms with Crippen LogP contribution in [0.3, 0.4) is 0 Å². The third-order valence-electron chi connectivity index (χ3n) is 3.39. The van der Waals surface area contributed by atoms with Gasteiger partial charge in [0.25, 0.3) is 5.91 Å². The van der Waals surface area contributed by atoms with Crippen LogP contribution >= 0.6 is 0 Å². The van der Waals surface area contributed by atoms with Gasteiger partial charge in [-0.25, -0.2) is 0 Å². The monoisotopic (exact) mass is 243 g/mol. The molecule has 1 saturated carbocycles. The number of H-pyrrole nitrogens is 1. The molecular formula is C14H17N3O. The minimum Gasteiger partial charge on any atom is -0.334 e. The number of fused-ring (bicyclic) bond motifs is 1. The summed E-state index contributed by atoms with van der Waals surface area (Å²) in [5.74, 6) is 0.0665. The van der Waals surface area contributed by atoms with Gasteiger partial charge in [-0.3, -0.25) is 9.89 Å². The molecule has 2 aromatic rings. The van der Waals surface area contributed by atoms with Crippen molar-refractivity contribution in [2.24, 2.45) is 0 Å². The zero-order chi connectivity index (χ0) is 12.5. The van der Waals surface area contributed by atoms with Crippen molar-refractivity contribution in [3.05, 3.63) is 30.0 Å². The number of carbonyl (C=O) groups is 1. The van der Waals surface area contributed by atoms with Crippen LogP contribution in [0.5, 0.6) is 0 Å². The molecule has 1 fully saturated rings. The first-order chi connectivity index (χ1) is 8.81. The number of nitrogens with one attached hydrogen (secondary N) is 1. The highest BCUT2D eigenvalue weighted by molar-refractivity contribution is 6.04. The average Bonchev–Trinajstić information content (AvgIpc) is 3.14. The highest BCUT2D eigenvalue weighted by Crippen LogP contribution is 2.29. The van der Waals surface area contributed by atoms with Crippen molar-refractivity contribution in [2.75, 3.05) is 6.54 Å². The molecule has 1 aromatic carbocycles. The second-order valence-corrected chi connectivity index (χ2v) is 4.85. The molecule has 18 heavy (non-hydrogen) atoms. The van der Waals surface area contributed by atoms with E-state index in [9.17, 15) is 4.79 Å². The fraction of sp³-hybridized carbons (Fsp3) is 0.429. The molecule has 0 unspecified atom stereocenters. The number of hydrogen-bond donors (Lipinski definition) is 1. The van der Waals surface area contributed by atoms with Crippen LogP contribution in [-0.4, -0.2) is 33.6 Å². The number of nitrogens with zero attached hydrogens (tertiary/aromatic N) is 2. The van der Waals surface area contributed by atoms with Crippen LogP contribution in [0.1, 0.15) is 36.7 Å². The molecular weight excluding hydrogens is 226 g/mol. The molecule has 1 N–H and O–H groups in total. The molecule has 4 nitrogen and oxygen atoms in total. The number of aromatic amines is 1. The molecule has 3 rings (SSSR count). The standard InChI is InChI=1S/C14H17N3O/c1-2-9-17(10-7-8-10)14(18)13-11-5-3-4-6-12(11)15-16-13/h3-6,10H,2,7-9H2,1H3,(H,15,16). The third-order valence-corrected chi connectivity index (χ3v) is 3.39. The van der Waals surface area contributed by atoms with Crippen molar-refractivity contribution >= 4 is 16.8 Å². The largest absolute Gasteiger partial charge is 0.334 e. The number of hydrogen-bond acceptors (Lipinski definition) is 2. The van der Waals surface area contributed by atoms with E-state index in [1.807, 2.05) is 29.2 Å². The van der Waals surface area contributed by atoms with E-state index in [2.05, 4.69) is 17.1 Å². The Morgan fingerprint density at radius 1 is 1.44 bits per heavy atom. The number of carbonyl (C=O) groups excluding carboxylic acids is 1. The van der Waals surface area contributed by atoms with Crippen LogP contribution in [0, 0.1) is 0 Å². The van der Waals surface area contributed by atoms with Crippen LogP contribution < -0.4 is 0 Å². The number of rotatable bonds is 4. The summed E-state index contributed by atoms with van der Waals surface area (Å²) < 4.78 is 0. The summed E-state index contributed by atoms with van der Waals surface area (Å²) in [6.07, 6.45) is 3.26. The smallest absolute Gasteiger partial charge is 0.275 e. The van der Waals surface area contributed by atoms with Crippen molar-refractivity contribution in [3.8, 4) is 0 Å². The van der Waals surface area contributed by atoms with Crippen LogP contribution in [0.4, 0.5) is 0 Å². The molecule has 94 valence electrons. The van der Waals surface area contributed by atoms with Gasteiger partial charge in [0.15, 0.2) is 5.69 Å². The Kier molecular flexibility index (Phi) is 2.78. The lowest BCUT2D eigenvalue weighted by molar-refractivity contribution is 0.0739. The second-order valence-electron chi connectivity index (χ2n) is 4.85. The van der Waals surface area contributed by atoms with Gasteiger partial charge in [-0.2, -0.15) is 5.10 Å². The van der Waals surface area contributed by atoms with E-state index >= 15 is 0 Å². The summed E-state index contributed by atoms with van der Waals surface area (Å²) in [4.78, 5) is 14.5. The van der Waals surface area contributed by atoms with Crippen LogP contribution in [0.15, 0.2) is 24.3 Å². The fourth-order valence-electron chi connectivity index (χ4n) is 2.34. The fourth-order valence-corrected chi connectivity index (χ4v) is 2.34. The van der Waals surface area contributed by atoms with Crippen molar-refractivity contribution in [3.63, 3.8) is 0 Å². The van der Waals surface area contributed by atoms with Gasteiger partial charge in [-0.15, -0.1) is 0 Å². The lowest BCUT2D eigenvalue weighted by atomic mass is 10.2. The summed E-state index contributed by atoms with van der Waals surface area (Å²) in [6.45, 7) is 2.93. The zero-order valence-electron chi connectivity index (χ0n) is 10.5. The maximum Gasteiger partial charge on any atom is 0.275 e.